The van der Waals surface area contributed by atoms with Crippen LogP contribution >= 0.6 is 0 Å². The molecular weight excluding hydrogens is 382 g/mol. The molecule has 1 spiro atoms. The predicted molar refractivity (Wildman–Crippen MR) is 113 cm³/mol. The van der Waals surface area contributed by atoms with E-state index in [1.165, 1.54) is 0 Å². The summed E-state index contributed by atoms with van der Waals surface area (Å²) in [5.74, 6) is -0.253. The number of benzene rings is 1. The zero-order chi connectivity index (χ0) is 21.0. The van der Waals surface area contributed by atoms with Crippen molar-refractivity contribution in [2.24, 2.45) is 5.16 Å². The normalized spacial score (nSPS) is 20.4. The smallest absolute Gasteiger partial charge is 0.321 e. The Morgan fingerprint density at radius 1 is 1.27 bits per heavy atom. The average molecular weight is 407 g/mol. The molecule has 1 saturated heterocycles. The molecule has 1 fully saturated rings. The summed E-state index contributed by atoms with van der Waals surface area (Å²) < 4.78 is 0. The number of carbonyl (C=O) groups is 2. The lowest BCUT2D eigenvalue weighted by Crippen LogP contribution is -2.52. The molecule has 2 aromatic rings. The molecule has 4 rings (SSSR count). The van der Waals surface area contributed by atoms with Crippen LogP contribution in [0.4, 0.5) is 10.5 Å². The molecule has 0 saturated carbocycles. The molecule has 0 bridgehead atoms. The van der Waals surface area contributed by atoms with E-state index >= 15 is 0 Å². The maximum Gasteiger partial charge on any atom is 0.321 e. The largest absolute Gasteiger partial charge is 0.386 e. The fraction of sp³-hybridized carbons (Fsp3) is 0.364. The summed E-state index contributed by atoms with van der Waals surface area (Å²) in [6.45, 7) is 3.40. The molecule has 1 unspecified atom stereocenters. The van der Waals surface area contributed by atoms with Crippen LogP contribution in [-0.2, 0) is 16.2 Å². The summed E-state index contributed by atoms with van der Waals surface area (Å²) in [7, 11) is 0. The summed E-state index contributed by atoms with van der Waals surface area (Å²) in [4.78, 5) is 36.7. The first-order chi connectivity index (χ1) is 14.5. The Kier molecular flexibility index (Phi) is 5.65. The lowest BCUT2D eigenvalue weighted by Gasteiger charge is -2.38. The number of anilines is 1. The Morgan fingerprint density at radius 3 is 2.97 bits per heavy atom. The van der Waals surface area contributed by atoms with Crippen molar-refractivity contribution in [2.75, 3.05) is 18.4 Å². The Labute approximate surface area is 175 Å². The summed E-state index contributed by atoms with van der Waals surface area (Å²) in [6, 6.07) is 11.2. The second-order valence-electron chi connectivity index (χ2n) is 7.86. The Morgan fingerprint density at radius 2 is 2.17 bits per heavy atom. The quantitative estimate of drug-likeness (QED) is 0.815. The van der Waals surface area contributed by atoms with Gasteiger partial charge in [-0.05, 0) is 49.1 Å². The van der Waals surface area contributed by atoms with Crippen molar-refractivity contribution in [1.82, 2.24) is 15.2 Å². The minimum absolute atomic E-state index is 0.169. The third-order valence-corrected chi connectivity index (χ3v) is 5.37. The summed E-state index contributed by atoms with van der Waals surface area (Å²) in [6.07, 6.45) is 5.33. The topological polar surface area (TPSA) is 95.9 Å². The first kappa shape index (κ1) is 19.9. The minimum atomic E-state index is -0.636. The molecule has 2 aliphatic rings. The van der Waals surface area contributed by atoms with Crippen molar-refractivity contribution in [3.63, 3.8) is 0 Å². The Bertz CT molecular complexity index is 962. The molecule has 1 aromatic heterocycles. The number of hydrogen-bond acceptors (Lipinski definition) is 5. The third kappa shape index (κ3) is 4.59. The number of pyridine rings is 1. The number of nitrogens with one attached hydrogen (secondary N) is 2. The van der Waals surface area contributed by atoms with Crippen LogP contribution < -0.4 is 10.6 Å². The van der Waals surface area contributed by atoms with E-state index in [4.69, 9.17) is 4.84 Å². The molecule has 3 heterocycles. The van der Waals surface area contributed by atoms with Gasteiger partial charge in [-0.2, -0.15) is 0 Å². The maximum absolute atomic E-state index is 12.7. The third-order valence-electron chi connectivity index (χ3n) is 5.37. The Balaban J connectivity index is 1.33. The number of aryl methyl sites for hydroxylation is 1. The molecule has 30 heavy (non-hydrogen) atoms. The van der Waals surface area contributed by atoms with Gasteiger partial charge >= 0.3 is 6.03 Å². The number of amides is 3. The molecule has 156 valence electrons. The summed E-state index contributed by atoms with van der Waals surface area (Å²) in [5.41, 5.74) is 2.48. The molecule has 1 atom stereocenters. The van der Waals surface area contributed by atoms with Crippen molar-refractivity contribution < 1.29 is 14.4 Å². The van der Waals surface area contributed by atoms with E-state index in [1.54, 1.807) is 17.3 Å². The van der Waals surface area contributed by atoms with Gasteiger partial charge in [-0.1, -0.05) is 23.4 Å². The van der Waals surface area contributed by atoms with Gasteiger partial charge in [0, 0.05) is 37.6 Å². The number of oxime groups is 1. The number of hydrogen-bond donors (Lipinski definition) is 2. The molecule has 0 radical (unpaired) electrons. The van der Waals surface area contributed by atoms with Gasteiger partial charge in [-0.15, -0.1) is 0 Å². The molecule has 8 nitrogen and oxygen atoms in total. The highest BCUT2D eigenvalue weighted by atomic mass is 16.7. The number of likely N-dealkylation sites (tertiary alicyclic amines) is 1. The first-order valence-electron chi connectivity index (χ1n) is 10.1. The monoisotopic (exact) mass is 407 g/mol. The van der Waals surface area contributed by atoms with E-state index in [0.29, 0.717) is 31.8 Å². The fourth-order valence-corrected chi connectivity index (χ4v) is 3.85. The van der Waals surface area contributed by atoms with Gasteiger partial charge in [0.05, 0.1) is 6.54 Å². The van der Waals surface area contributed by atoms with Crippen LogP contribution in [0.2, 0.25) is 0 Å². The molecule has 1 aromatic carbocycles. The van der Waals surface area contributed by atoms with Crippen molar-refractivity contribution in [2.45, 2.75) is 38.3 Å². The van der Waals surface area contributed by atoms with E-state index in [-0.39, 0.29) is 11.9 Å². The SMILES string of the molecule is Cc1cccc(NC(=O)N2CCCC3(CC(C(=O)NCc4cccnc4)=NO3)C2)c1. The van der Waals surface area contributed by atoms with Gasteiger partial charge in [0.25, 0.3) is 5.91 Å². The molecule has 0 aliphatic carbocycles. The van der Waals surface area contributed by atoms with Crippen molar-refractivity contribution in [3.05, 3.63) is 59.9 Å². The lowest BCUT2D eigenvalue weighted by atomic mass is 9.88. The Hall–Kier alpha value is -3.42. The number of urea groups is 1. The maximum atomic E-state index is 12.7. The summed E-state index contributed by atoms with van der Waals surface area (Å²) >= 11 is 0. The standard InChI is InChI=1S/C22H25N5O3/c1-16-5-2-7-18(11-16)25-21(29)27-10-4-8-22(15-27)12-19(26-30-22)20(28)24-14-17-6-3-9-23-13-17/h2-3,5-7,9,11,13H,4,8,10,12,14-15H2,1H3,(H,24,28)(H,25,29). The van der Waals surface area contributed by atoms with E-state index < -0.39 is 5.60 Å². The molecule has 2 N–H and O–H groups in total. The van der Waals surface area contributed by atoms with E-state index in [1.807, 2.05) is 43.3 Å². The van der Waals surface area contributed by atoms with Crippen molar-refractivity contribution in [3.8, 4) is 0 Å². The van der Waals surface area contributed by atoms with Gasteiger partial charge < -0.3 is 20.4 Å². The van der Waals surface area contributed by atoms with Crippen LogP contribution in [0.3, 0.4) is 0 Å². The molecule has 8 heteroatoms. The number of piperidine rings is 1. The minimum Gasteiger partial charge on any atom is -0.386 e. The van der Waals surface area contributed by atoms with E-state index in [2.05, 4.69) is 20.8 Å². The highest BCUT2D eigenvalue weighted by Crippen LogP contribution is 2.33. The predicted octanol–water partition coefficient (Wildman–Crippen LogP) is 2.85. The van der Waals surface area contributed by atoms with Crippen LogP contribution in [0.15, 0.2) is 53.9 Å². The second kappa shape index (κ2) is 8.52. The van der Waals surface area contributed by atoms with Crippen LogP contribution in [0, 0.1) is 6.92 Å². The number of aromatic nitrogens is 1. The zero-order valence-corrected chi connectivity index (χ0v) is 16.9. The van der Waals surface area contributed by atoms with Crippen LogP contribution in [0.1, 0.15) is 30.4 Å². The number of carbonyl (C=O) groups excluding carboxylic acids is 2. The molecular formula is C22H25N5O3. The van der Waals surface area contributed by atoms with Gasteiger partial charge in [-0.3, -0.25) is 9.78 Å². The van der Waals surface area contributed by atoms with Gasteiger partial charge in [-0.25, -0.2) is 4.79 Å². The first-order valence-corrected chi connectivity index (χ1v) is 10.1. The summed E-state index contributed by atoms with van der Waals surface area (Å²) in [5, 5.41) is 9.84. The second-order valence-corrected chi connectivity index (χ2v) is 7.86. The van der Waals surface area contributed by atoms with Crippen LogP contribution in [0.25, 0.3) is 0 Å². The zero-order valence-electron chi connectivity index (χ0n) is 16.9. The number of nitrogens with zero attached hydrogens (tertiary/aromatic N) is 3. The molecule has 3 amide bonds. The fourth-order valence-electron chi connectivity index (χ4n) is 3.85. The van der Waals surface area contributed by atoms with E-state index in [0.717, 1.165) is 29.7 Å². The van der Waals surface area contributed by atoms with Gasteiger partial charge in [0.1, 0.15) is 5.71 Å². The highest BCUT2D eigenvalue weighted by Gasteiger charge is 2.45. The van der Waals surface area contributed by atoms with Crippen LogP contribution in [-0.4, -0.2) is 46.2 Å². The highest BCUT2D eigenvalue weighted by molar-refractivity contribution is 6.39. The van der Waals surface area contributed by atoms with E-state index in [9.17, 15) is 9.59 Å². The van der Waals surface area contributed by atoms with Crippen LogP contribution in [0.5, 0.6) is 0 Å². The average Bonchev–Trinajstić information content (AvgIpc) is 3.16. The van der Waals surface area contributed by atoms with Crippen molar-refractivity contribution in [1.29, 1.82) is 0 Å². The van der Waals surface area contributed by atoms with Gasteiger partial charge in [0.15, 0.2) is 5.60 Å². The molecule has 2 aliphatic heterocycles. The lowest BCUT2D eigenvalue weighted by molar-refractivity contribution is -0.115. The van der Waals surface area contributed by atoms with Gasteiger partial charge in [0.2, 0.25) is 0 Å². The number of rotatable bonds is 4. The van der Waals surface area contributed by atoms with Crippen molar-refractivity contribution >= 4 is 23.3 Å².